The van der Waals surface area contributed by atoms with E-state index in [0.29, 0.717) is 32.2 Å². The molecule has 5 aromatic rings. The van der Waals surface area contributed by atoms with E-state index in [9.17, 15) is 5.26 Å². The number of nitrogens with one attached hydrogen (secondary N) is 2. The molecule has 0 spiro atoms. The van der Waals surface area contributed by atoms with Crippen LogP contribution in [0.25, 0.3) is 10.9 Å². The van der Waals surface area contributed by atoms with Gasteiger partial charge in [0.2, 0.25) is 0 Å². The number of nitriles is 1. The fraction of sp³-hybridized carbons (Fsp3) is 0.312. The molecule has 11 heteroatoms. The van der Waals surface area contributed by atoms with E-state index in [1.807, 2.05) is 46.5 Å². The van der Waals surface area contributed by atoms with E-state index < -0.39 is 0 Å². The summed E-state index contributed by atoms with van der Waals surface area (Å²) >= 11 is 14.3. The maximum atomic E-state index is 9.88. The van der Waals surface area contributed by atoms with Crippen LogP contribution in [0.3, 0.4) is 0 Å². The summed E-state index contributed by atoms with van der Waals surface area (Å²) < 4.78 is 2.67. The van der Waals surface area contributed by atoms with E-state index in [0.717, 1.165) is 53.9 Å². The topological polar surface area (TPSA) is 94.7 Å². The first-order chi connectivity index (χ1) is 20.7. The van der Waals surface area contributed by atoms with Gasteiger partial charge in [0.1, 0.15) is 11.8 Å². The molecular weight excluding hydrogens is 599 g/mol. The molecule has 1 saturated heterocycles. The van der Waals surface area contributed by atoms with E-state index in [1.54, 1.807) is 6.20 Å². The first-order valence-electron chi connectivity index (χ1n) is 14.2. The highest BCUT2D eigenvalue weighted by Gasteiger charge is 2.29. The van der Waals surface area contributed by atoms with Crippen LogP contribution in [0.2, 0.25) is 9.36 Å². The monoisotopic (exact) mass is 630 g/mol. The molecule has 0 radical (unpaired) electrons. The van der Waals surface area contributed by atoms with Gasteiger partial charge in [0, 0.05) is 40.6 Å². The number of pyridine rings is 1. The number of fused-ring (bicyclic) bond motifs is 1. The predicted molar refractivity (Wildman–Crippen MR) is 176 cm³/mol. The number of benzene rings is 2. The Balaban J connectivity index is 1.36. The summed E-state index contributed by atoms with van der Waals surface area (Å²) in [6.07, 6.45) is 5.69. The van der Waals surface area contributed by atoms with Crippen molar-refractivity contribution in [2.75, 3.05) is 23.7 Å². The lowest BCUT2D eigenvalue weighted by atomic mass is 9.98. The lowest BCUT2D eigenvalue weighted by molar-refractivity contribution is 0.0866. The van der Waals surface area contributed by atoms with Crippen LogP contribution in [0, 0.1) is 11.3 Å². The molecule has 0 bridgehead atoms. The summed E-state index contributed by atoms with van der Waals surface area (Å²) in [4.78, 5) is 7.22. The van der Waals surface area contributed by atoms with Gasteiger partial charge in [-0.2, -0.15) is 5.26 Å². The smallest absolute Gasteiger partial charge is 0.109 e. The number of hydrogen-bond donors (Lipinski definition) is 2. The van der Waals surface area contributed by atoms with Crippen molar-refractivity contribution in [3.05, 3.63) is 92.5 Å². The Hall–Kier alpha value is -3.68. The number of aromatic nitrogens is 4. The maximum Gasteiger partial charge on any atom is 0.109 e. The second-order valence-corrected chi connectivity index (χ2v) is 13.8. The molecule has 2 N–H and O–H groups in total. The van der Waals surface area contributed by atoms with E-state index in [2.05, 4.69) is 71.0 Å². The number of thiophene rings is 1. The minimum Gasteiger partial charge on any atom is -0.371 e. The quantitative estimate of drug-likeness (QED) is 0.186. The van der Waals surface area contributed by atoms with Gasteiger partial charge in [-0.25, -0.2) is 4.68 Å². The fourth-order valence-corrected chi connectivity index (χ4v) is 6.68. The molecule has 0 amide bonds. The lowest BCUT2D eigenvalue weighted by Crippen LogP contribution is -2.46. The Bertz CT molecular complexity index is 1780. The highest BCUT2D eigenvalue weighted by atomic mass is 35.5. The average Bonchev–Trinajstić information content (AvgIpc) is 3.65. The van der Waals surface area contributed by atoms with Crippen molar-refractivity contribution < 1.29 is 0 Å². The van der Waals surface area contributed by atoms with Gasteiger partial charge in [0.25, 0.3) is 0 Å². The molecule has 220 valence electrons. The molecule has 4 heterocycles. The molecule has 1 aliphatic heterocycles. The van der Waals surface area contributed by atoms with Crippen LogP contribution in [0.4, 0.5) is 17.1 Å². The normalized spacial score (nSPS) is 15.3. The van der Waals surface area contributed by atoms with Crippen LogP contribution in [0.15, 0.2) is 66.3 Å². The summed E-state index contributed by atoms with van der Waals surface area (Å²) in [5, 5.41) is 29.3. The van der Waals surface area contributed by atoms with E-state index in [4.69, 9.17) is 28.2 Å². The standard InChI is InChI=1S/C32H32Cl2N8S/c1-32(2,3)41-11-9-24(10-12-41)42-18-27(39-40-42)30(20-7-5-4-6-8-20)38-26-14-22(33)13-25-29(21(16-35)17-36-31(25)26)37-23-15-28(34)43-19-23/h4-8,13-15,17-19,24,30,38H,9-12H2,1-3H3,(H,36,37)/t30-/m0/s1. The number of rotatable bonds is 7. The van der Waals surface area contributed by atoms with Crippen molar-refractivity contribution in [1.29, 1.82) is 5.26 Å². The second kappa shape index (κ2) is 12.1. The Kier molecular flexibility index (Phi) is 8.29. The molecule has 0 unspecified atom stereocenters. The first kappa shape index (κ1) is 29.4. The Morgan fingerprint density at radius 3 is 2.53 bits per heavy atom. The van der Waals surface area contributed by atoms with Gasteiger partial charge in [-0.15, -0.1) is 16.4 Å². The lowest BCUT2D eigenvalue weighted by Gasteiger charge is -2.40. The molecule has 43 heavy (non-hydrogen) atoms. The van der Waals surface area contributed by atoms with Crippen molar-refractivity contribution in [3.8, 4) is 6.07 Å². The van der Waals surface area contributed by atoms with Crippen LogP contribution in [-0.4, -0.2) is 43.5 Å². The van der Waals surface area contributed by atoms with Gasteiger partial charge in [-0.1, -0.05) is 58.7 Å². The largest absolute Gasteiger partial charge is 0.371 e. The van der Waals surface area contributed by atoms with Gasteiger partial charge < -0.3 is 10.6 Å². The zero-order valence-electron chi connectivity index (χ0n) is 24.2. The van der Waals surface area contributed by atoms with Crippen molar-refractivity contribution in [1.82, 2.24) is 24.9 Å². The molecule has 1 aliphatic rings. The summed E-state index contributed by atoms with van der Waals surface area (Å²) in [6.45, 7) is 8.86. The number of nitrogens with zero attached hydrogens (tertiary/aromatic N) is 6. The van der Waals surface area contributed by atoms with E-state index >= 15 is 0 Å². The highest BCUT2D eigenvalue weighted by Crippen LogP contribution is 2.38. The number of piperidine rings is 1. The fourth-order valence-electron chi connectivity index (χ4n) is 5.65. The van der Waals surface area contributed by atoms with Gasteiger partial charge in [0.05, 0.1) is 50.8 Å². The zero-order valence-corrected chi connectivity index (χ0v) is 26.5. The maximum absolute atomic E-state index is 9.88. The summed E-state index contributed by atoms with van der Waals surface area (Å²) in [7, 11) is 0. The third-order valence-electron chi connectivity index (χ3n) is 7.94. The van der Waals surface area contributed by atoms with Gasteiger partial charge in [-0.3, -0.25) is 9.88 Å². The minimum atomic E-state index is -0.309. The minimum absolute atomic E-state index is 0.161. The van der Waals surface area contributed by atoms with Gasteiger partial charge >= 0.3 is 0 Å². The number of anilines is 3. The molecule has 8 nitrogen and oxygen atoms in total. The van der Waals surface area contributed by atoms with Gasteiger partial charge in [0.15, 0.2) is 0 Å². The highest BCUT2D eigenvalue weighted by molar-refractivity contribution is 7.14. The van der Waals surface area contributed by atoms with Crippen LogP contribution in [-0.2, 0) is 0 Å². The molecular formula is C32H32Cl2N8S. The molecule has 0 aliphatic carbocycles. The summed E-state index contributed by atoms with van der Waals surface area (Å²) in [5.74, 6) is 0. The van der Waals surface area contributed by atoms with E-state index in [1.165, 1.54) is 11.3 Å². The molecule has 1 fully saturated rings. The molecule has 1 atom stereocenters. The molecule has 6 rings (SSSR count). The average molecular weight is 632 g/mol. The Morgan fingerprint density at radius 1 is 1.09 bits per heavy atom. The zero-order chi connectivity index (χ0) is 30.1. The number of likely N-dealkylation sites (tertiary alicyclic amines) is 1. The Labute approximate surface area is 265 Å². The van der Waals surface area contributed by atoms with Crippen molar-refractivity contribution in [2.24, 2.45) is 0 Å². The van der Waals surface area contributed by atoms with Crippen LogP contribution in [0.1, 0.15) is 62.5 Å². The van der Waals surface area contributed by atoms with Crippen molar-refractivity contribution in [3.63, 3.8) is 0 Å². The van der Waals surface area contributed by atoms with E-state index in [-0.39, 0.29) is 11.6 Å². The SMILES string of the molecule is CC(C)(C)N1CCC(n2cc([C@@H](Nc3cc(Cl)cc4c(Nc5csc(Cl)c5)c(C#N)cnc34)c3ccccc3)nn2)CC1. The third-order valence-corrected chi connectivity index (χ3v) is 9.25. The number of hydrogen-bond acceptors (Lipinski definition) is 8. The van der Waals surface area contributed by atoms with Crippen LogP contribution >= 0.6 is 34.5 Å². The molecule has 2 aromatic carbocycles. The Morgan fingerprint density at radius 2 is 1.86 bits per heavy atom. The molecule has 3 aromatic heterocycles. The van der Waals surface area contributed by atoms with Crippen molar-refractivity contribution in [2.45, 2.75) is 51.2 Å². The first-order valence-corrected chi connectivity index (χ1v) is 15.8. The van der Waals surface area contributed by atoms with Crippen molar-refractivity contribution >= 4 is 62.5 Å². The second-order valence-electron chi connectivity index (χ2n) is 11.8. The van der Waals surface area contributed by atoms with Crippen LogP contribution in [0.5, 0.6) is 0 Å². The van der Waals surface area contributed by atoms with Crippen LogP contribution < -0.4 is 10.6 Å². The molecule has 0 saturated carbocycles. The van der Waals surface area contributed by atoms with Gasteiger partial charge in [-0.05, 0) is 57.4 Å². The number of halogens is 2. The summed E-state index contributed by atoms with van der Waals surface area (Å²) in [6, 6.07) is 17.9. The third kappa shape index (κ3) is 6.34. The summed E-state index contributed by atoms with van der Waals surface area (Å²) in [5.41, 5.74) is 5.22. The predicted octanol–water partition coefficient (Wildman–Crippen LogP) is 8.45.